The number of carbonyl (C=O) groups is 3. The van der Waals surface area contributed by atoms with Crippen LogP contribution >= 0.6 is 11.3 Å². The molecule has 0 spiro atoms. The molecule has 0 aromatic carbocycles. The predicted octanol–water partition coefficient (Wildman–Crippen LogP) is 3.53. The number of nitrogens with one attached hydrogen (secondary N) is 1. The van der Waals surface area contributed by atoms with E-state index in [4.69, 9.17) is 0 Å². The van der Waals surface area contributed by atoms with E-state index in [2.05, 4.69) is 26.1 Å². The van der Waals surface area contributed by atoms with Crippen LogP contribution < -0.4 is 5.32 Å². The molecule has 6 nitrogen and oxygen atoms in total. The van der Waals surface area contributed by atoms with Crippen LogP contribution in [-0.4, -0.2) is 59.2 Å². The molecule has 2 unspecified atom stereocenters. The Morgan fingerprint density at radius 3 is 2.47 bits per heavy atom. The molecule has 0 aliphatic carbocycles. The van der Waals surface area contributed by atoms with Crippen LogP contribution in [0.4, 0.5) is 0 Å². The number of likely N-dealkylation sites (tertiary alicyclic amines) is 2. The first kappa shape index (κ1) is 22.8. The van der Waals surface area contributed by atoms with E-state index in [1.165, 1.54) is 11.3 Å². The third-order valence-electron chi connectivity index (χ3n) is 6.33. The van der Waals surface area contributed by atoms with Gasteiger partial charge in [0, 0.05) is 32.1 Å². The highest BCUT2D eigenvalue weighted by molar-refractivity contribution is 7.12. The van der Waals surface area contributed by atoms with Gasteiger partial charge in [-0.3, -0.25) is 14.4 Å². The summed E-state index contributed by atoms with van der Waals surface area (Å²) in [5.41, 5.74) is 0. The lowest BCUT2D eigenvalue weighted by Crippen LogP contribution is -2.57. The summed E-state index contributed by atoms with van der Waals surface area (Å²) in [6.07, 6.45) is 5.23. The van der Waals surface area contributed by atoms with Gasteiger partial charge in [0.05, 0.1) is 4.88 Å². The molecule has 1 aromatic rings. The Morgan fingerprint density at radius 1 is 1.13 bits per heavy atom. The molecule has 7 heteroatoms. The van der Waals surface area contributed by atoms with Gasteiger partial charge in [0.1, 0.15) is 6.04 Å². The largest absolute Gasteiger partial charge is 0.343 e. The van der Waals surface area contributed by atoms with Gasteiger partial charge in [-0.2, -0.15) is 0 Å². The summed E-state index contributed by atoms with van der Waals surface area (Å²) in [6, 6.07) is 3.32. The lowest BCUT2D eigenvalue weighted by Gasteiger charge is -2.40. The summed E-state index contributed by atoms with van der Waals surface area (Å²) >= 11 is 1.39. The molecule has 2 fully saturated rings. The number of hydrogen-bond acceptors (Lipinski definition) is 4. The molecular formula is C23H35N3O3S. The van der Waals surface area contributed by atoms with Crippen LogP contribution in [0, 0.1) is 11.8 Å². The Balaban J connectivity index is 1.70. The second kappa shape index (κ2) is 10.4. The van der Waals surface area contributed by atoms with E-state index in [-0.39, 0.29) is 29.7 Å². The fraction of sp³-hybridized carbons (Fsp3) is 0.696. The summed E-state index contributed by atoms with van der Waals surface area (Å²) in [5.74, 6) is 0.456. The van der Waals surface area contributed by atoms with E-state index in [1.807, 2.05) is 21.2 Å². The fourth-order valence-corrected chi connectivity index (χ4v) is 5.19. The van der Waals surface area contributed by atoms with Crippen LogP contribution in [0.15, 0.2) is 17.5 Å². The summed E-state index contributed by atoms with van der Waals surface area (Å²) in [6.45, 7) is 8.28. The second-order valence-electron chi connectivity index (χ2n) is 9.12. The number of hydrogen-bond donors (Lipinski definition) is 1. The monoisotopic (exact) mass is 433 g/mol. The van der Waals surface area contributed by atoms with E-state index in [0.717, 1.165) is 38.6 Å². The normalized spacial score (nSPS) is 21.5. The van der Waals surface area contributed by atoms with Gasteiger partial charge in [0.15, 0.2) is 0 Å². The van der Waals surface area contributed by atoms with Gasteiger partial charge in [0.25, 0.3) is 5.91 Å². The van der Waals surface area contributed by atoms with Gasteiger partial charge in [-0.05, 0) is 62.3 Å². The van der Waals surface area contributed by atoms with E-state index in [0.29, 0.717) is 30.3 Å². The zero-order valence-corrected chi connectivity index (χ0v) is 19.2. The zero-order chi connectivity index (χ0) is 21.7. The topological polar surface area (TPSA) is 69.7 Å². The van der Waals surface area contributed by atoms with Crippen LogP contribution in [0.2, 0.25) is 0 Å². The molecule has 3 heterocycles. The molecular weight excluding hydrogens is 398 g/mol. The maximum absolute atomic E-state index is 13.5. The minimum atomic E-state index is -0.525. The summed E-state index contributed by atoms with van der Waals surface area (Å²) in [4.78, 5) is 43.2. The minimum absolute atomic E-state index is 0.0408. The van der Waals surface area contributed by atoms with Crippen molar-refractivity contribution in [3.05, 3.63) is 22.4 Å². The van der Waals surface area contributed by atoms with Crippen molar-refractivity contribution in [2.45, 2.75) is 71.4 Å². The first-order valence-electron chi connectivity index (χ1n) is 11.3. The van der Waals surface area contributed by atoms with E-state index in [9.17, 15) is 14.4 Å². The zero-order valence-electron chi connectivity index (χ0n) is 18.4. The van der Waals surface area contributed by atoms with Crippen molar-refractivity contribution in [1.29, 1.82) is 0 Å². The highest BCUT2D eigenvalue weighted by Crippen LogP contribution is 2.26. The SMILES string of the molecule is CC(C)CC(=O)N1CCC(C(NC(=O)c2cccs2)C(=O)N2CCCCC2C)CC1. The lowest BCUT2D eigenvalue weighted by molar-refractivity contribution is -0.139. The number of carbonyl (C=O) groups excluding carboxylic acids is 3. The third-order valence-corrected chi connectivity index (χ3v) is 7.20. The molecule has 0 bridgehead atoms. The Kier molecular flexibility index (Phi) is 7.92. The molecule has 1 N–H and O–H groups in total. The molecule has 2 aliphatic rings. The van der Waals surface area contributed by atoms with Gasteiger partial charge in [-0.15, -0.1) is 11.3 Å². The highest BCUT2D eigenvalue weighted by atomic mass is 32.1. The Hall–Kier alpha value is -1.89. The number of rotatable bonds is 6. The Morgan fingerprint density at radius 2 is 1.87 bits per heavy atom. The predicted molar refractivity (Wildman–Crippen MR) is 119 cm³/mol. The van der Waals surface area contributed by atoms with Crippen LogP contribution in [0.3, 0.4) is 0 Å². The van der Waals surface area contributed by atoms with E-state index < -0.39 is 6.04 Å². The Bertz CT molecular complexity index is 726. The molecule has 0 saturated carbocycles. The van der Waals surface area contributed by atoms with Crippen LogP contribution in [0.25, 0.3) is 0 Å². The molecule has 3 amide bonds. The number of piperidine rings is 2. The molecule has 1 aromatic heterocycles. The smallest absolute Gasteiger partial charge is 0.262 e. The number of amides is 3. The molecule has 2 atom stereocenters. The third kappa shape index (κ3) is 5.62. The first-order valence-corrected chi connectivity index (χ1v) is 12.2. The van der Waals surface area contributed by atoms with Crippen molar-refractivity contribution >= 4 is 29.1 Å². The molecule has 2 aliphatic heterocycles. The van der Waals surface area contributed by atoms with Crippen LogP contribution in [0.5, 0.6) is 0 Å². The van der Waals surface area contributed by atoms with Crippen molar-refractivity contribution in [3.8, 4) is 0 Å². The Labute approximate surface area is 184 Å². The van der Waals surface area contributed by atoms with Gasteiger partial charge < -0.3 is 15.1 Å². The lowest BCUT2D eigenvalue weighted by atomic mass is 9.87. The van der Waals surface area contributed by atoms with Crippen molar-refractivity contribution in [3.63, 3.8) is 0 Å². The van der Waals surface area contributed by atoms with E-state index >= 15 is 0 Å². The number of nitrogens with zero attached hydrogens (tertiary/aromatic N) is 2. The van der Waals surface area contributed by atoms with Gasteiger partial charge in [-0.25, -0.2) is 0 Å². The fourth-order valence-electron chi connectivity index (χ4n) is 4.57. The number of thiophene rings is 1. The van der Waals surface area contributed by atoms with Crippen molar-refractivity contribution < 1.29 is 14.4 Å². The highest BCUT2D eigenvalue weighted by Gasteiger charge is 2.38. The molecule has 166 valence electrons. The standard InChI is InChI=1S/C23H35N3O3S/c1-16(2)15-20(27)25-12-9-18(10-13-25)21(24-22(28)19-8-6-14-30-19)23(29)26-11-5-4-7-17(26)3/h6,8,14,16-18,21H,4-5,7,9-13,15H2,1-3H3,(H,24,28). The quantitative estimate of drug-likeness (QED) is 0.746. The summed E-state index contributed by atoms with van der Waals surface area (Å²) < 4.78 is 0. The molecule has 3 rings (SSSR count). The van der Waals surface area contributed by atoms with Crippen molar-refractivity contribution in [2.24, 2.45) is 11.8 Å². The molecule has 30 heavy (non-hydrogen) atoms. The maximum atomic E-state index is 13.5. The minimum Gasteiger partial charge on any atom is -0.343 e. The summed E-state index contributed by atoms with van der Waals surface area (Å²) in [7, 11) is 0. The van der Waals surface area contributed by atoms with Crippen LogP contribution in [0.1, 0.15) is 69.0 Å². The van der Waals surface area contributed by atoms with Crippen molar-refractivity contribution in [1.82, 2.24) is 15.1 Å². The van der Waals surface area contributed by atoms with Crippen LogP contribution in [-0.2, 0) is 9.59 Å². The first-order chi connectivity index (χ1) is 14.4. The van der Waals surface area contributed by atoms with Gasteiger partial charge in [0.2, 0.25) is 11.8 Å². The van der Waals surface area contributed by atoms with Crippen molar-refractivity contribution in [2.75, 3.05) is 19.6 Å². The van der Waals surface area contributed by atoms with Gasteiger partial charge >= 0.3 is 0 Å². The molecule has 2 saturated heterocycles. The average molecular weight is 434 g/mol. The van der Waals surface area contributed by atoms with Gasteiger partial charge in [-0.1, -0.05) is 19.9 Å². The maximum Gasteiger partial charge on any atom is 0.262 e. The summed E-state index contributed by atoms with van der Waals surface area (Å²) in [5, 5.41) is 4.93. The van der Waals surface area contributed by atoms with E-state index in [1.54, 1.807) is 6.07 Å². The molecule has 0 radical (unpaired) electrons. The second-order valence-corrected chi connectivity index (χ2v) is 10.1. The average Bonchev–Trinajstić information content (AvgIpc) is 3.26.